The van der Waals surface area contributed by atoms with Gasteiger partial charge in [-0.15, -0.1) is 0 Å². The van der Waals surface area contributed by atoms with Gasteiger partial charge in [-0.2, -0.15) is 9.37 Å². The molecule has 0 aliphatic carbocycles. The van der Waals surface area contributed by atoms with E-state index >= 15 is 0 Å². The smallest absolute Gasteiger partial charge is 0.254 e. The van der Waals surface area contributed by atoms with Gasteiger partial charge in [0, 0.05) is 22.6 Å². The Kier molecular flexibility index (Phi) is 2.36. The fourth-order valence-corrected chi connectivity index (χ4v) is 0.833. The van der Waals surface area contributed by atoms with Crippen molar-refractivity contribution in [2.75, 3.05) is 7.11 Å². The summed E-state index contributed by atoms with van der Waals surface area (Å²) in [5.41, 5.74) is 0. The van der Waals surface area contributed by atoms with Crippen molar-refractivity contribution >= 4 is 22.6 Å². The Bertz CT molecular complexity index is 243. The number of methoxy groups -OCH3 is 1. The van der Waals surface area contributed by atoms with E-state index in [0.717, 1.165) is 6.20 Å². The Morgan fingerprint density at radius 2 is 2.40 bits per heavy atom. The summed E-state index contributed by atoms with van der Waals surface area (Å²) in [6, 6.07) is 0. The fourth-order valence-electron chi connectivity index (χ4n) is 0.474. The third kappa shape index (κ3) is 1.53. The quantitative estimate of drug-likeness (QED) is 0.558. The molecule has 0 spiro atoms. The van der Waals surface area contributed by atoms with E-state index in [0.29, 0.717) is 3.83 Å². The summed E-state index contributed by atoms with van der Waals surface area (Å²) in [4.78, 5) is 7.28. The van der Waals surface area contributed by atoms with Crippen LogP contribution in [0.4, 0.5) is 4.39 Å². The number of hydrogen-bond donors (Lipinski definition) is 0. The summed E-state index contributed by atoms with van der Waals surface area (Å²) in [6.07, 6.45) is 1.08. The number of halogens is 2. The van der Waals surface area contributed by atoms with Crippen LogP contribution in [0.1, 0.15) is 0 Å². The summed E-state index contributed by atoms with van der Waals surface area (Å²) in [5, 5.41) is 0. The molecule has 0 saturated carbocycles. The fraction of sp³-hybridized carbons (Fsp3) is 0.200. The van der Waals surface area contributed by atoms with Gasteiger partial charge in [0.2, 0.25) is 5.82 Å². The predicted molar refractivity (Wildman–Crippen MR) is 41.3 cm³/mol. The minimum absolute atomic E-state index is 0.0144. The summed E-state index contributed by atoms with van der Waals surface area (Å²) in [7, 11) is 1.36. The molecule has 0 bridgehead atoms. The van der Waals surface area contributed by atoms with E-state index in [9.17, 15) is 4.39 Å². The van der Waals surface area contributed by atoms with E-state index in [1.54, 1.807) is 0 Å². The maximum atomic E-state index is 12.5. The molecule has 0 amide bonds. The number of ether oxygens (including phenoxy) is 1. The zero-order valence-corrected chi connectivity index (χ0v) is 7.29. The third-order valence-electron chi connectivity index (χ3n) is 0.876. The van der Waals surface area contributed by atoms with Crippen molar-refractivity contribution in [2.24, 2.45) is 0 Å². The standard InChI is InChI=1S/C5H4FIN2O/c1-10-4-3(6)2-8-5(7)9-4/h2H,1H3. The third-order valence-corrected chi connectivity index (χ3v) is 1.40. The molecular formula is C5H4FIN2O. The predicted octanol–water partition coefficient (Wildman–Crippen LogP) is 1.23. The molecule has 0 fully saturated rings. The van der Waals surface area contributed by atoms with Gasteiger partial charge in [-0.3, -0.25) is 0 Å². The lowest BCUT2D eigenvalue weighted by molar-refractivity contribution is 0.365. The average Bonchev–Trinajstić information content (AvgIpc) is 1.94. The molecule has 0 aromatic carbocycles. The molecule has 0 unspecified atom stereocenters. The van der Waals surface area contributed by atoms with Crippen LogP contribution in [0.5, 0.6) is 5.88 Å². The van der Waals surface area contributed by atoms with Gasteiger partial charge in [0.25, 0.3) is 5.88 Å². The molecule has 1 aromatic rings. The first kappa shape index (κ1) is 7.64. The van der Waals surface area contributed by atoms with Crippen molar-refractivity contribution in [1.82, 2.24) is 9.97 Å². The van der Waals surface area contributed by atoms with E-state index in [1.165, 1.54) is 7.11 Å². The van der Waals surface area contributed by atoms with Crippen molar-refractivity contribution in [3.8, 4) is 5.88 Å². The Hall–Kier alpha value is -0.460. The normalized spacial score (nSPS) is 9.50. The molecule has 5 heteroatoms. The molecule has 0 N–H and O–H groups in total. The van der Waals surface area contributed by atoms with Crippen LogP contribution in [0.2, 0.25) is 0 Å². The lowest BCUT2D eigenvalue weighted by Gasteiger charge is -1.97. The maximum Gasteiger partial charge on any atom is 0.254 e. The second kappa shape index (κ2) is 3.09. The summed E-state index contributed by atoms with van der Waals surface area (Å²) in [6.45, 7) is 0. The van der Waals surface area contributed by atoms with Crippen LogP contribution in [0.25, 0.3) is 0 Å². The van der Waals surface area contributed by atoms with E-state index in [-0.39, 0.29) is 5.88 Å². The second-order valence-corrected chi connectivity index (χ2v) is 2.46. The monoisotopic (exact) mass is 254 g/mol. The van der Waals surface area contributed by atoms with Crippen molar-refractivity contribution in [1.29, 1.82) is 0 Å². The molecule has 0 aliphatic heterocycles. The highest BCUT2D eigenvalue weighted by molar-refractivity contribution is 14.1. The Morgan fingerprint density at radius 3 is 2.90 bits per heavy atom. The minimum Gasteiger partial charge on any atom is -0.479 e. The van der Waals surface area contributed by atoms with Crippen LogP contribution in [0, 0.1) is 9.65 Å². The van der Waals surface area contributed by atoms with Crippen molar-refractivity contribution < 1.29 is 9.13 Å². The van der Waals surface area contributed by atoms with Crippen molar-refractivity contribution in [3.05, 3.63) is 15.8 Å². The van der Waals surface area contributed by atoms with Crippen LogP contribution < -0.4 is 4.74 Å². The number of hydrogen-bond acceptors (Lipinski definition) is 3. The highest BCUT2D eigenvalue weighted by Gasteiger charge is 2.03. The van der Waals surface area contributed by atoms with Crippen LogP contribution in [0.3, 0.4) is 0 Å². The zero-order valence-electron chi connectivity index (χ0n) is 5.14. The van der Waals surface area contributed by atoms with Crippen molar-refractivity contribution in [2.45, 2.75) is 0 Å². The van der Waals surface area contributed by atoms with Gasteiger partial charge >= 0.3 is 0 Å². The highest BCUT2D eigenvalue weighted by atomic mass is 127. The van der Waals surface area contributed by atoms with Gasteiger partial charge in [0.05, 0.1) is 13.3 Å². The molecule has 3 nitrogen and oxygen atoms in total. The van der Waals surface area contributed by atoms with Crippen LogP contribution >= 0.6 is 22.6 Å². The van der Waals surface area contributed by atoms with E-state index in [2.05, 4.69) is 14.7 Å². The first-order valence-electron chi connectivity index (χ1n) is 2.46. The van der Waals surface area contributed by atoms with Crippen LogP contribution in [-0.4, -0.2) is 17.1 Å². The number of aromatic nitrogens is 2. The summed E-state index contributed by atoms with van der Waals surface area (Å²) < 4.78 is 17.6. The van der Waals surface area contributed by atoms with E-state index in [1.807, 2.05) is 22.6 Å². The minimum atomic E-state index is -0.539. The Labute approximate surface area is 70.8 Å². The SMILES string of the molecule is COc1nc(I)ncc1F. The number of rotatable bonds is 1. The lowest BCUT2D eigenvalue weighted by Crippen LogP contribution is -1.95. The molecule has 0 aliphatic rings. The zero-order chi connectivity index (χ0) is 7.56. The molecule has 54 valence electrons. The summed E-state index contributed by atoms with van der Waals surface area (Å²) in [5.74, 6) is -0.553. The van der Waals surface area contributed by atoms with E-state index in [4.69, 9.17) is 0 Å². The van der Waals surface area contributed by atoms with Gasteiger partial charge in [-0.25, -0.2) is 4.98 Å². The first-order valence-corrected chi connectivity index (χ1v) is 3.54. The van der Waals surface area contributed by atoms with Gasteiger partial charge in [-0.05, 0) is 0 Å². The van der Waals surface area contributed by atoms with Crippen molar-refractivity contribution in [3.63, 3.8) is 0 Å². The molecule has 0 atom stereocenters. The largest absolute Gasteiger partial charge is 0.479 e. The maximum absolute atomic E-state index is 12.5. The molecule has 0 radical (unpaired) electrons. The van der Waals surface area contributed by atoms with Crippen LogP contribution in [0.15, 0.2) is 6.20 Å². The molecule has 1 heterocycles. The Balaban J connectivity index is 3.09. The van der Waals surface area contributed by atoms with E-state index < -0.39 is 5.82 Å². The molecular weight excluding hydrogens is 250 g/mol. The molecule has 1 rings (SSSR count). The molecule has 10 heavy (non-hydrogen) atoms. The first-order chi connectivity index (χ1) is 4.74. The molecule has 1 aromatic heterocycles. The second-order valence-electron chi connectivity index (χ2n) is 1.50. The average molecular weight is 254 g/mol. The van der Waals surface area contributed by atoms with Gasteiger partial charge in [0.15, 0.2) is 3.83 Å². The van der Waals surface area contributed by atoms with Gasteiger partial charge < -0.3 is 4.74 Å². The summed E-state index contributed by atoms with van der Waals surface area (Å²) >= 11 is 1.88. The topological polar surface area (TPSA) is 35.0 Å². The number of nitrogens with zero attached hydrogens (tertiary/aromatic N) is 2. The van der Waals surface area contributed by atoms with Crippen LogP contribution in [-0.2, 0) is 0 Å². The van der Waals surface area contributed by atoms with Gasteiger partial charge in [0.1, 0.15) is 0 Å². The van der Waals surface area contributed by atoms with Gasteiger partial charge in [-0.1, -0.05) is 0 Å². The highest BCUT2D eigenvalue weighted by Crippen LogP contribution is 2.11. The Morgan fingerprint density at radius 1 is 1.70 bits per heavy atom. The lowest BCUT2D eigenvalue weighted by atomic mass is 10.6. The molecule has 0 saturated heterocycles.